The van der Waals surface area contributed by atoms with Crippen molar-refractivity contribution in [3.8, 4) is 0 Å². The van der Waals surface area contributed by atoms with Gasteiger partial charge in [-0.05, 0) is 33.6 Å². The van der Waals surface area contributed by atoms with Crippen LogP contribution in [0.1, 0.15) is 5.56 Å². The third-order valence-electron chi connectivity index (χ3n) is 3.12. The fourth-order valence-corrected chi connectivity index (χ4v) is 3.55. The van der Waals surface area contributed by atoms with Crippen molar-refractivity contribution in [1.29, 1.82) is 0 Å². The molecule has 0 spiro atoms. The highest BCUT2D eigenvalue weighted by Gasteiger charge is 2.26. The number of rotatable bonds is 6. The second-order valence-electron chi connectivity index (χ2n) is 4.94. The Morgan fingerprint density at radius 2 is 2.17 bits per heavy atom. The molecular formula is C14H16BrN5O3S. The van der Waals surface area contributed by atoms with Crippen LogP contribution in [-0.2, 0) is 21.4 Å². The van der Waals surface area contributed by atoms with Crippen molar-refractivity contribution < 1.29 is 13.2 Å². The number of sulfonamides is 1. The minimum absolute atomic E-state index is 0.124. The lowest BCUT2D eigenvalue weighted by Gasteiger charge is -2.17. The molecule has 0 saturated carbocycles. The van der Waals surface area contributed by atoms with Gasteiger partial charge in [0.05, 0.1) is 6.54 Å². The average Bonchev–Trinajstić information content (AvgIpc) is 2.56. The molecule has 2 heterocycles. The number of halogens is 1. The second kappa shape index (κ2) is 7.69. The number of carbonyl (C=O) groups is 1. The van der Waals surface area contributed by atoms with Crippen molar-refractivity contribution in [3.63, 3.8) is 0 Å². The lowest BCUT2D eigenvalue weighted by Crippen LogP contribution is -2.38. The van der Waals surface area contributed by atoms with Crippen molar-refractivity contribution in [2.45, 2.75) is 11.4 Å². The molecule has 10 heteroatoms. The van der Waals surface area contributed by atoms with E-state index in [9.17, 15) is 13.2 Å². The summed E-state index contributed by atoms with van der Waals surface area (Å²) in [5.41, 5.74) is 6.45. The molecule has 0 aliphatic carbocycles. The van der Waals surface area contributed by atoms with Crippen molar-refractivity contribution in [3.05, 3.63) is 46.8 Å². The molecule has 8 nitrogen and oxygen atoms in total. The highest BCUT2D eigenvalue weighted by molar-refractivity contribution is 9.10. The summed E-state index contributed by atoms with van der Waals surface area (Å²) >= 11 is 3.15. The predicted molar refractivity (Wildman–Crippen MR) is 92.2 cm³/mol. The summed E-state index contributed by atoms with van der Waals surface area (Å²) in [7, 11) is -2.62. The molecule has 0 unspecified atom stereocenters. The largest absolute Gasteiger partial charge is 0.383 e. The van der Waals surface area contributed by atoms with Crippen LogP contribution in [0, 0.1) is 0 Å². The smallest absolute Gasteiger partial charge is 0.246 e. The summed E-state index contributed by atoms with van der Waals surface area (Å²) in [5.74, 6) is -0.563. The van der Waals surface area contributed by atoms with Gasteiger partial charge in [-0.15, -0.1) is 0 Å². The summed E-state index contributed by atoms with van der Waals surface area (Å²) in [6.07, 6.45) is 4.64. The third kappa shape index (κ3) is 4.49. The fraction of sp³-hybridized carbons (Fsp3) is 0.214. The van der Waals surface area contributed by atoms with Crippen LogP contribution in [0.4, 0.5) is 5.82 Å². The number of nitrogens with one attached hydrogen (secondary N) is 1. The number of hydrogen-bond donors (Lipinski definition) is 2. The number of nitrogen functional groups attached to an aromatic ring is 1. The molecular weight excluding hydrogens is 398 g/mol. The molecule has 0 radical (unpaired) electrons. The molecule has 2 aromatic rings. The normalized spacial score (nSPS) is 11.5. The lowest BCUT2D eigenvalue weighted by molar-refractivity contribution is -0.121. The van der Waals surface area contributed by atoms with E-state index in [4.69, 9.17) is 5.73 Å². The maximum Gasteiger partial charge on any atom is 0.246 e. The number of carbonyl (C=O) groups excluding carboxylic acids is 1. The second-order valence-corrected chi connectivity index (χ2v) is 7.86. The molecule has 2 aromatic heterocycles. The van der Waals surface area contributed by atoms with Gasteiger partial charge in [0.2, 0.25) is 15.9 Å². The number of amides is 1. The van der Waals surface area contributed by atoms with E-state index in [1.165, 1.54) is 19.3 Å². The highest BCUT2D eigenvalue weighted by Crippen LogP contribution is 2.23. The summed E-state index contributed by atoms with van der Waals surface area (Å²) in [6.45, 7) is -0.0737. The molecule has 0 aliphatic heterocycles. The molecule has 2 rings (SSSR count). The van der Waals surface area contributed by atoms with Crippen LogP contribution in [0.15, 0.2) is 46.2 Å². The standard InChI is InChI=1S/C14H16BrN5O3S/c1-20(9-13(21)18-7-10-3-2-4-17-6-10)24(22,23)12-5-11(15)8-19-14(12)16/h2-6,8H,7,9H2,1H3,(H2,16,19)(H,18,21). The average molecular weight is 414 g/mol. The van der Waals surface area contributed by atoms with Gasteiger partial charge >= 0.3 is 0 Å². The monoisotopic (exact) mass is 413 g/mol. The number of likely N-dealkylation sites (N-methyl/N-ethyl adjacent to an activating group) is 1. The van der Waals surface area contributed by atoms with Gasteiger partial charge in [-0.25, -0.2) is 13.4 Å². The summed E-state index contributed by atoms with van der Waals surface area (Å²) in [6, 6.07) is 4.91. The topological polar surface area (TPSA) is 118 Å². The first-order valence-corrected chi connectivity index (χ1v) is 9.07. The molecule has 0 saturated heterocycles. The van der Waals surface area contributed by atoms with Gasteiger partial charge in [-0.3, -0.25) is 9.78 Å². The van der Waals surface area contributed by atoms with Gasteiger partial charge in [0.1, 0.15) is 10.7 Å². The van der Waals surface area contributed by atoms with Crippen LogP contribution in [0.3, 0.4) is 0 Å². The zero-order valence-electron chi connectivity index (χ0n) is 12.8. The van der Waals surface area contributed by atoms with Gasteiger partial charge in [0.25, 0.3) is 0 Å². The van der Waals surface area contributed by atoms with Crippen LogP contribution in [0.25, 0.3) is 0 Å². The number of nitrogens with zero attached hydrogens (tertiary/aromatic N) is 3. The van der Waals surface area contributed by atoms with E-state index in [0.717, 1.165) is 9.87 Å². The molecule has 0 atom stereocenters. The number of aromatic nitrogens is 2. The molecule has 0 aromatic carbocycles. The Morgan fingerprint density at radius 1 is 1.42 bits per heavy atom. The molecule has 24 heavy (non-hydrogen) atoms. The number of nitrogens with two attached hydrogens (primary N) is 1. The Labute approximate surface area is 148 Å². The van der Waals surface area contributed by atoms with Crippen LogP contribution in [-0.4, -0.2) is 42.2 Å². The van der Waals surface area contributed by atoms with Crippen LogP contribution < -0.4 is 11.1 Å². The van der Waals surface area contributed by atoms with Gasteiger partial charge in [-0.1, -0.05) is 6.07 Å². The fourth-order valence-electron chi connectivity index (χ4n) is 1.85. The third-order valence-corrected chi connectivity index (χ3v) is 5.38. The van der Waals surface area contributed by atoms with E-state index in [-0.39, 0.29) is 23.8 Å². The highest BCUT2D eigenvalue weighted by atomic mass is 79.9. The van der Waals surface area contributed by atoms with Crippen molar-refractivity contribution in [2.24, 2.45) is 0 Å². The van der Waals surface area contributed by atoms with E-state index in [1.807, 2.05) is 6.07 Å². The zero-order chi connectivity index (χ0) is 17.7. The quantitative estimate of drug-likeness (QED) is 0.721. The SMILES string of the molecule is CN(CC(=O)NCc1cccnc1)S(=O)(=O)c1cc(Br)cnc1N. The zero-order valence-corrected chi connectivity index (χ0v) is 15.2. The van der Waals surface area contributed by atoms with Gasteiger partial charge in [-0.2, -0.15) is 4.31 Å². The van der Waals surface area contributed by atoms with Crippen molar-refractivity contribution in [1.82, 2.24) is 19.6 Å². The van der Waals surface area contributed by atoms with E-state index in [1.54, 1.807) is 18.5 Å². The molecule has 128 valence electrons. The minimum Gasteiger partial charge on any atom is -0.383 e. The summed E-state index contributed by atoms with van der Waals surface area (Å²) < 4.78 is 26.4. The summed E-state index contributed by atoms with van der Waals surface area (Å²) in [4.78, 5) is 19.5. The first-order valence-electron chi connectivity index (χ1n) is 6.83. The van der Waals surface area contributed by atoms with E-state index >= 15 is 0 Å². The number of hydrogen-bond acceptors (Lipinski definition) is 6. The van der Waals surface area contributed by atoms with Crippen molar-refractivity contribution in [2.75, 3.05) is 19.3 Å². The summed E-state index contributed by atoms with van der Waals surface area (Å²) in [5, 5.41) is 2.64. The van der Waals surface area contributed by atoms with E-state index < -0.39 is 15.9 Å². The van der Waals surface area contributed by atoms with Crippen molar-refractivity contribution >= 4 is 37.7 Å². The lowest BCUT2D eigenvalue weighted by atomic mass is 10.3. The first-order chi connectivity index (χ1) is 11.3. The van der Waals surface area contributed by atoms with E-state index in [2.05, 4.69) is 31.2 Å². The number of anilines is 1. The van der Waals surface area contributed by atoms with Crippen LogP contribution >= 0.6 is 15.9 Å². The van der Waals surface area contributed by atoms with Gasteiger partial charge < -0.3 is 11.1 Å². The van der Waals surface area contributed by atoms with E-state index in [0.29, 0.717) is 4.47 Å². The Hall–Kier alpha value is -2.04. The van der Waals surface area contributed by atoms with Gasteiger partial charge in [0.15, 0.2) is 0 Å². The molecule has 3 N–H and O–H groups in total. The molecule has 0 fully saturated rings. The molecule has 1 amide bonds. The first kappa shape index (κ1) is 18.3. The Balaban J connectivity index is 2.03. The number of pyridine rings is 2. The molecule has 0 bridgehead atoms. The Bertz CT molecular complexity index is 830. The Kier molecular flexibility index (Phi) is 5.86. The van der Waals surface area contributed by atoms with Crippen LogP contribution in [0.2, 0.25) is 0 Å². The Morgan fingerprint density at radius 3 is 2.83 bits per heavy atom. The minimum atomic E-state index is -3.93. The maximum atomic E-state index is 12.5. The van der Waals surface area contributed by atoms with Crippen LogP contribution in [0.5, 0.6) is 0 Å². The maximum absolute atomic E-state index is 12.5. The molecule has 0 aliphatic rings. The van der Waals surface area contributed by atoms with Gasteiger partial charge in [0, 0.05) is 36.7 Å². The predicted octanol–water partition coefficient (Wildman–Crippen LogP) is 0.758.